The Hall–Kier alpha value is -1.72. The quantitative estimate of drug-likeness (QED) is 0.794. The lowest BCUT2D eigenvalue weighted by molar-refractivity contribution is 0.269. The van der Waals surface area contributed by atoms with Crippen molar-refractivity contribution in [3.63, 3.8) is 0 Å². The minimum Gasteiger partial charge on any atom is -0.394 e. The van der Waals surface area contributed by atoms with E-state index < -0.39 is 0 Å². The van der Waals surface area contributed by atoms with Gasteiger partial charge in [0.15, 0.2) is 0 Å². The van der Waals surface area contributed by atoms with Crippen molar-refractivity contribution < 1.29 is 5.11 Å². The Morgan fingerprint density at radius 3 is 3.06 bits per heavy atom. The van der Waals surface area contributed by atoms with E-state index in [1.54, 1.807) is 4.68 Å². The lowest BCUT2D eigenvalue weighted by atomic mass is 10.2. The van der Waals surface area contributed by atoms with E-state index in [0.29, 0.717) is 6.54 Å². The molecule has 0 spiro atoms. The molecule has 18 heavy (non-hydrogen) atoms. The number of hydrogen-bond acceptors (Lipinski definition) is 4. The molecule has 0 bridgehead atoms. The number of aliphatic hydroxyl groups excluding tert-OH is 1. The normalized spacial score (nSPS) is 10.8. The summed E-state index contributed by atoms with van der Waals surface area (Å²) < 4.78 is 1.74. The zero-order valence-electron chi connectivity index (χ0n) is 10.5. The van der Waals surface area contributed by atoms with Gasteiger partial charge in [-0.1, -0.05) is 6.07 Å². The summed E-state index contributed by atoms with van der Waals surface area (Å²) in [6.07, 6.45) is 5.56. The molecule has 2 aromatic heterocycles. The van der Waals surface area contributed by atoms with Crippen LogP contribution in [0.25, 0.3) is 0 Å². The third kappa shape index (κ3) is 3.38. The van der Waals surface area contributed by atoms with Crippen molar-refractivity contribution in [2.75, 3.05) is 6.61 Å². The highest BCUT2D eigenvalue weighted by molar-refractivity contribution is 5.17. The second-order valence-corrected chi connectivity index (χ2v) is 4.21. The van der Waals surface area contributed by atoms with E-state index in [2.05, 4.69) is 28.4 Å². The van der Waals surface area contributed by atoms with Gasteiger partial charge in [-0.3, -0.25) is 9.67 Å². The molecule has 2 aromatic rings. The number of aryl methyl sites for hydroxylation is 1. The smallest absolute Gasteiger partial charge is 0.0640 e. The molecule has 2 N–H and O–H groups in total. The first kappa shape index (κ1) is 12.7. The van der Waals surface area contributed by atoms with Gasteiger partial charge in [-0.05, 0) is 18.6 Å². The third-order valence-corrected chi connectivity index (χ3v) is 2.76. The lowest BCUT2D eigenvalue weighted by Gasteiger charge is -2.05. The lowest BCUT2D eigenvalue weighted by Crippen LogP contribution is -2.14. The topological polar surface area (TPSA) is 63.0 Å². The fourth-order valence-corrected chi connectivity index (χ4v) is 1.75. The molecule has 5 heteroatoms. The predicted molar refractivity (Wildman–Crippen MR) is 68.8 cm³/mol. The average molecular weight is 246 g/mol. The molecule has 0 radical (unpaired) electrons. The fraction of sp³-hybridized carbons (Fsp3) is 0.385. The maximum atomic E-state index is 8.80. The zero-order valence-corrected chi connectivity index (χ0v) is 10.5. The van der Waals surface area contributed by atoms with Gasteiger partial charge in [0.1, 0.15) is 0 Å². The van der Waals surface area contributed by atoms with E-state index in [-0.39, 0.29) is 6.61 Å². The summed E-state index contributed by atoms with van der Waals surface area (Å²) in [6.45, 7) is 4.21. The van der Waals surface area contributed by atoms with Gasteiger partial charge < -0.3 is 10.4 Å². The molecule has 96 valence electrons. The number of hydrogen-bond donors (Lipinski definition) is 2. The van der Waals surface area contributed by atoms with E-state index in [9.17, 15) is 0 Å². The minimum atomic E-state index is 0.113. The Labute approximate surface area is 106 Å². The Balaban J connectivity index is 1.83. The number of rotatable bonds is 6. The van der Waals surface area contributed by atoms with Crippen LogP contribution in [0.5, 0.6) is 0 Å². The highest BCUT2D eigenvalue weighted by Crippen LogP contribution is 2.03. The molecular weight excluding hydrogens is 228 g/mol. The summed E-state index contributed by atoms with van der Waals surface area (Å²) in [4.78, 5) is 4.33. The van der Waals surface area contributed by atoms with Crippen LogP contribution < -0.4 is 5.32 Å². The van der Waals surface area contributed by atoms with Gasteiger partial charge in [-0.15, -0.1) is 0 Å². The van der Waals surface area contributed by atoms with Gasteiger partial charge in [-0.25, -0.2) is 0 Å². The summed E-state index contributed by atoms with van der Waals surface area (Å²) in [5.41, 5.74) is 3.37. The SMILES string of the molecule is Cc1cccnc1CNCc1cnn(CCO)c1. The first-order chi connectivity index (χ1) is 8.79. The van der Waals surface area contributed by atoms with Crippen LogP contribution in [0.4, 0.5) is 0 Å². The van der Waals surface area contributed by atoms with E-state index in [4.69, 9.17) is 5.11 Å². The molecule has 0 aliphatic heterocycles. The summed E-state index contributed by atoms with van der Waals surface area (Å²) in [5, 5.41) is 16.3. The summed E-state index contributed by atoms with van der Waals surface area (Å²) >= 11 is 0. The van der Waals surface area contributed by atoms with Gasteiger partial charge in [0.2, 0.25) is 0 Å². The summed E-state index contributed by atoms with van der Waals surface area (Å²) in [6, 6.07) is 4.00. The minimum absolute atomic E-state index is 0.113. The molecule has 0 aliphatic carbocycles. The number of pyridine rings is 1. The Morgan fingerprint density at radius 2 is 2.28 bits per heavy atom. The van der Waals surface area contributed by atoms with Crippen LogP contribution in [0.3, 0.4) is 0 Å². The monoisotopic (exact) mass is 246 g/mol. The molecule has 0 aromatic carbocycles. The molecule has 0 saturated heterocycles. The van der Waals surface area contributed by atoms with Crippen molar-refractivity contribution in [3.05, 3.63) is 47.5 Å². The van der Waals surface area contributed by atoms with Crippen LogP contribution in [0, 0.1) is 6.92 Å². The van der Waals surface area contributed by atoms with E-state index in [1.807, 2.05) is 24.7 Å². The molecule has 0 atom stereocenters. The fourth-order valence-electron chi connectivity index (χ4n) is 1.75. The van der Waals surface area contributed by atoms with E-state index in [0.717, 1.165) is 24.3 Å². The van der Waals surface area contributed by atoms with Crippen LogP contribution in [-0.2, 0) is 19.6 Å². The Morgan fingerprint density at radius 1 is 1.39 bits per heavy atom. The van der Waals surface area contributed by atoms with Crippen LogP contribution in [0.1, 0.15) is 16.8 Å². The van der Waals surface area contributed by atoms with E-state index >= 15 is 0 Å². The maximum Gasteiger partial charge on any atom is 0.0640 e. The highest BCUT2D eigenvalue weighted by Gasteiger charge is 2.00. The van der Waals surface area contributed by atoms with Gasteiger partial charge in [0, 0.05) is 31.0 Å². The molecular formula is C13H18N4O. The van der Waals surface area contributed by atoms with Crippen LogP contribution in [-0.4, -0.2) is 26.5 Å². The summed E-state index contributed by atoms with van der Waals surface area (Å²) in [7, 11) is 0. The molecule has 2 rings (SSSR count). The molecule has 0 aliphatic rings. The number of aliphatic hydroxyl groups is 1. The summed E-state index contributed by atoms with van der Waals surface area (Å²) in [5.74, 6) is 0. The third-order valence-electron chi connectivity index (χ3n) is 2.76. The molecule has 0 saturated carbocycles. The standard InChI is InChI=1S/C13H18N4O/c1-11-3-2-4-15-13(11)9-14-7-12-8-16-17(10-12)5-6-18/h2-4,8,10,14,18H,5-7,9H2,1H3. The second-order valence-electron chi connectivity index (χ2n) is 4.21. The molecule has 0 unspecified atom stereocenters. The maximum absolute atomic E-state index is 8.80. The van der Waals surface area contributed by atoms with Crippen molar-refractivity contribution in [1.82, 2.24) is 20.1 Å². The van der Waals surface area contributed by atoms with Crippen molar-refractivity contribution in [2.45, 2.75) is 26.6 Å². The zero-order chi connectivity index (χ0) is 12.8. The van der Waals surface area contributed by atoms with Gasteiger partial charge in [-0.2, -0.15) is 5.10 Å². The molecule has 5 nitrogen and oxygen atoms in total. The van der Waals surface area contributed by atoms with Crippen molar-refractivity contribution in [3.8, 4) is 0 Å². The van der Waals surface area contributed by atoms with Crippen molar-refractivity contribution in [1.29, 1.82) is 0 Å². The van der Waals surface area contributed by atoms with Gasteiger partial charge >= 0.3 is 0 Å². The Bertz CT molecular complexity index is 495. The molecule has 2 heterocycles. The number of aromatic nitrogens is 3. The highest BCUT2D eigenvalue weighted by atomic mass is 16.3. The van der Waals surface area contributed by atoms with E-state index in [1.165, 1.54) is 5.56 Å². The largest absolute Gasteiger partial charge is 0.394 e. The number of nitrogens with zero attached hydrogens (tertiary/aromatic N) is 3. The van der Waals surface area contributed by atoms with Gasteiger partial charge in [0.25, 0.3) is 0 Å². The van der Waals surface area contributed by atoms with Gasteiger partial charge in [0.05, 0.1) is 25.0 Å². The van der Waals surface area contributed by atoms with Crippen LogP contribution >= 0.6 is 0 Å². The Kier molecular flexibility index (Phi) is 4.44. The first-order valence-corrected chi connectivity index (χ1v) is 6.03. The molecule has 0 fully saturated rings. The second kappa shape index (κ2) is 6.28. The van der Waals surface area contributed by atoms with Crippen molar-refractivity contribution in [2.24, 2.45) is 0 Å². The first-order valence-electron chi connectivity index (χ1n) is 6.03. The molecule has 0 amide bonds. The predicted octanol–water partition coefficient (Wildman–Crippen LogP) is 0.869. The number of nitrogens with one attached hydrogen (secondary N) is 1. The van der Waals surface area contributed by atoms with Crippen LogP contribution in [0.2, 0.25) is 0 Å². The van der Waals surface area contributed by atoms with Crippen molar-refractivity contribution >= 4 is 0 Å². The average Bonchev–Trinajstić information content (AvgIpc) is 2.80. The van der Waals surface area contributed by atoms with Crippen LogP contribution in [0.15, 0.2) is 30.7 Å².